The highest BCUT2D eigenvalue weighted by Gasteiger charge is 2.30. The van der Waals surface area contributed by atoms with Crippen molar-refractivity contribution in [3.63, 3.8) is 0 Å². The second kappa shape index (κ2) is 6.04. The van der Waals surface area contributed by atoms with Crippen LogP contribution in [0.4, 0.5) is 4.79 Å². The van der Waals surface area contributed by atoms with Gasteiger partial charge in [0, 0.05) is 0 Å². The Morgan fingerprint density at radius 2 is 2.06 bits per heavy atom. The van der Waals surface area contributed by atoms with E-state index in [2.05, 4.69) is 10.1 Å². The molecule has 0 unspecified atom stereocenters. The van der Waals surface area contributed by atoms with E-state index in [9.17, 15) is 9.59 Å². The fraction of sp³-hybridized carbons (Fsp3) is 0.833. The van der Waals surface area contributed by atoms with Gasteiger partial charge < -0.3 is 14.8 Å². The molecule has 0 bridgehead atoms. The average Bonchev–Trinajstić information content (AvgIpc) is 2.27. The summed E-state index contributed by atoms with van der Waals surface area (Å²) in [5.41, 5.74) is -0.490. The predicted octanol–water partition coefficient (Wildman–Crippen LogP) is -0.268. The van der Waals surface area contributed by atoms with Crippen LogP contribution in [0.5, 0.6) is 0 Å². The number of ether oxygens (including phenoxy) is 2. The third-order valence-corrected chi connectivity index (χ3v) is 2.66. The second-order valence-electron chi connectivity index (χ2n) is 5.49. The highest BCUT2D eigenvalue weighted by atomic mass is 16.6. The van der Waals surface area contributed by atoms with Crippen LogP contribution in [0.1, 0.15) is 27.2 Å². The molecule has 1 rings (SSSR count). The lowest BCUT2D eigenvalue weighted by Crippen LogP contribution is -2.95. The number of hydrogen-bond acceptors (Lipinski definition) is 4. The van der Waals surface area contributed by atoms with E-state index in [1.165, 1.54) is 7.11 Å². The molecule has 1 aliphatic rings. The van der Waals surface area contributed by atoms with Crippen LogP contribution in [0.15, 0.2) is 0 Å². The van der Waals surface area contributed by atoms with E-state index < -0.39 is 5.60 Å². The normalized spacial score (nSPS) is 20.4. The highest BCUT2D eigenvalue weighted by Crippen LogP contribution is 2.11. The number of hydrogen-bond donors (Lipinski definition) is 1. The van der Waals surface area contributed by atoms with Crippen LogP contribution in [0.25, 0.3) is 0 Å². The Kier molecular flexibility index (Phi) is 4.95. The zero-order chi connectivity index (χ0) is 13.8. The van der Waals surface area contributed by atoms with Crippen LogP contribution in [-0.4, -0.2) is 55.3 Å². The Labute approximate surface area is 108 Å². The van der Waals surface area contributed by atoms with E-state index in [1.807, 2.05) is 20.8 Å². The van der Waals surface area contributed by atoms with Crippen molar-refractivity contribution >= 4 is 12.1 Å². The molecule has 1 amide bonds. The Morgan fingerprint density at radius 3 is 2.61 bits per heavy atom. The van der Waals surface area contributed by atoms with Gasteiger partial charge in [0.15, 0.2) is 0 Å². The lowest BCUT2D eigenvalue weighted by molar-refractivity contribution is -0.696. The van der Waals surface area contributed by atoms with Crippen LogP contribution in [-0.2, 0) is 14.3 Å². The van der Waals surface area contributed by atoms with Crippen LogP contribution in [0.2, 0.25) is 0 Å². The van der Waals surface area contributed by atoms with Gasteiger partial charge in [-0.1, -0.05) is 0 Å². The molecule has 1 saturated heterocycles. The van der Waals surface area contributed by atoms with Crippen molar-refractivity contribution in [2.24, 2.45) is 0 Å². The molecule has 1 aliphatic heterocycles. The van der Waals surface area contributed by atoms with E-state index >= 15 is 0 Å². The molecule has 104 valence electrons. The fourth-order valence-electron chi connectivity index (χ4n) is 1.85. The molecule has 6 heteroatoms. The Balaban J connectivity index is 2.48. The summed E-state index contributed by atoms with van der Waals surface area (Å²) in [6.07, 6.45) is 0.000892. The first-order valence-electron chi connectivity index (χ1n) is 6.20. The number of esters is 1. The Bertz CT molecular complexity index is 312. The quantitative estimate of drug-likeness (QED) is 0.693. The SMILES string of the molecule is COC(=O)C[C@@H]1CN(C(=O)OC(C)(C)C)CC[NH2+]1. The summed E-state index contributed by atoms with van der Waals surface area (Å²) >= 11 is 0. The number of amides is 1. The number of nitrogens with two attached hydrogens (primary N) is 1. The molecule has 1 heterocycles. The van der Waals surface area contributed by atoms with Crippen molar-refractivity contribution in [2.45, 2.75) is 38.8 Å². The summed E-state index contributed by atoms with van der Waals surface area (Å²) in [5, 5.41) is 2.07. The van der Waals surface area contributed by atoms with Crippen LogP contribution in [0.3, 0.4) is 0 Å². The second-order valence-corrected chi connectivity index (χ2v) is 5.49. The summed E-state index contributed by atoms with van der Waals surface area (Å²) < 4.78 is 9.95. The maximum absolute atomic E-state index is 11.9. The van der Waals surface area contributed by atoms with Gasteiger partial charge in [-0.25, -0.2) is 4.79 Å². The van der Waals surface area contributed by atoms with Crippen LogP contribution >= 0.6 is 0 Å². The van der Waals surface area contributed by atoms with E-state index in [1.54, 1.807) is 4.90 Å². The number of piperazine rings is 1. The molecule has 0 spiro atoms. The number of carbonyl (C=O) groups is 2. The molecule has 0 aliphatic carbocycles. The lowest BCUT2D eigenvalue weighted by Gasteiger charge is -2.32. The van der Waals surface area contributed by atoms with Crippen molar-refractivity contribution in [1.29, 1.82) is 0 Å². The molecule has 0 aromatic heterocycles. The largest absolute Gasteiger partial charge is 0.469 e. The fourth-order valence-corrected chi connectivity index (χ4v) is 1.85. The van der Waals surface area contributed by atoms with E-state index in [0.717, 1.165) is 6.54 Å². The summed E-state index contributed by atoms with van der Waals surface area (Å²) in [4.78, 5) is 24.7. The van der Waals surface area contributed by atoms with E-state index in [4.69, 9.17) is 4.74 Å². The maximum atomic E-state index is 11.9. The standard InChI is InChI=1S/C12H22N2O4/c1-12(2,3)18-11(16)14-6-5-13-9(8-14)7-10(15)17-4/h9,13H,5-8H2,1-4H3/p+1/t9-/m1/s1. The topological polar surface area (TPSA) is 72.5 Å². The number of methoxy groups -OCH3 is 1. The minimum Gasteiger partial charge on any atom is -0.469 e. The summed E-state index contributed by atoms with van der Waals surface area (Å²) in [5.74, 6) is -0.248. The van der Waals surface area contributed by atoms with Gasteiger partial charge in [-0.3, -0.25) is 9.69 Å². The lowest BCUT2D eigenvalue weighted by atomic mass is 10.1. The van der Waals surface area contributed by atoms with Crippen molar-refractivity contribution < 1.29 is 24.4 Å². The zero-order valence-electron chi connectivity index (χ0n) is 11.6. The number of carbonyl (C=O) groups excluding carboxylic acids is 2. The third kappa shape index (κ3) is 4.91. The van der Waals surface area contributed by atoms with Gasteiger partial charge >= 0.3 is 12.1 Å². The van der Waals surface area contributed by atoms with Gasteiger partial charge in [0.05, 0.1) is 33.2 Å². The minimum atomic E-state index is -0.490. The Hall–Kier alpha value is -1.30. The molecule has 1 fully saturated rings. The molecule has 1 atom stereocenters. The van der Waals surface area contributed by atoms with Gasteiger partial charge in [-0.2, -0.15) is 0 Å². The van der Waals surface area contributed by atoms with Crippen molar-refractivity contribution in [2.75, 3.05) is 26.7 Å². The first-order chi connectivity index (χ1) is 8.31. The minimum absolute atomic E-state index is 0.0544. The Morgan fingerprint density at radius 1 is 1.39 bits per heavy atom. The summed E-state index contributed by atoms with van der Waals surface area (Å²) in [7, 11) is 1.37. The molecule has 0 saturated carbocycles. The zero-order valence-corrected chi connectivity index (χ0v) is 11.6. The van der Waals surface area contributed by atoms with Crippen LogP contribution < -0.4 is 5.32 Å². The monoisotopic (exact) mass is 259 g/mol. The molecular weight excluding hydrogens is 236 g/mol. The molecular formula is C12H23N2O4+. The van der Waals surface area contributed by atoms with Crippen LogP contribution in [0, 0.1) is 0 Å². The predicted molar refractivity (Wildman–Crippen MR) is 65.0 cm³/mol. The molecule has 0 aromatic carbocycles. The van der Waals surface area contributed by atoms with Gasteiger partial charge in [-0.15, -0.1) is 0 Å². The third-order valence-electron chi connectivity index (χ3n) is 2.66. The molecule has 18 heavy (non-hydrogen) atoms. The summed E-state index contributed by atoms with van der Waals surface area (Å²) in [6.45, 7) is 7.46. The molecule has 0 aromatic rings. The molecule has 2 N–H and O–H groups in total. The first kappa shape index (κ1) is 14.8. The highest BCUT2D eigenvalue weighted by molar-refractivity contribution is 5.70. The average molecular weight is 259 g/mol. The van der Waals surface area contributed by atoms with Gasteiger partial charge in [-0.05, 0) is 20.8 Å². The van der Waals surface area contributed by atoms with Gasteiger partial charge in [0.2, 0.25) is 0 Å². The maximum Gasteiger partial charge on any atom is 0.410 e. The number of rotatable bonds is 2. The van der Waals surface area contributed by atoms with Gasteiger partial charge in [0.25, 0.3) is 0 Å². The van der Waals surface area contributed by atoms with Crippen molar-refractivity contribution in [3.05, 3.63) is 0 Å². The van der Waals surface area contributed by atoms with E-state index in [-0.39, 0.29) is 18.1 Å². The van der Waals surface area contributed by atoms with E-state index in [0.29, 0.717) is 19.5 Å². The first-order valence-corrected chi connectivity index (χ1v) is 6.20. The molecule has 6 nitrogen and oxygen atoms in total. The van der Waals surface area contributed by atoms with Gasteiger partial charge in [0.1, 0.15) is 11.6 Å². The number of nitrogens with zero attached hydrogens (tertiary/aromatic N) is 1. The summed E-state index contributed by atoms with van der Waals surface area (Å²) in [6, 6.07) is 0.0544. The van der Waals surface area contributed by atoms with Crippen molar-refractivity contribution in [3.8, 4) is 0 Å². The molecule has 0 radical (unpaired) electrons. The number of quaternary nitrogens is 1. The smallest absolute Gasteiger partial charge is 0.410 e. The van der Waals surface area contributed by atoms with Crippen molar-refractivity contribution in [1.82, 2.24) is 4.90 Å².